The minimum Gasteiger partial charge on any atom is -0.497 e. The molecule has 0 aliphatic carbocycles. The standard InChI is InChI=1S/C22H23FO6S/c1-27-15-5-4-13-8-12(2-3-14(13)10-15)9-18-16(6-7-30-18)28-22-21(26)20(25)19(23)17(11-24)29-22/h2-8,10,17,19-22,24-26H,9,11H2,1H3. The van der Waals surface area contributed by atoms with Crippen LogP contribution < -0.4 is 9.47 Å². The number of aliphatic hydroxyl groups excluding tert-OH is 3. The molecule has 160 valence electrons. The smallest absolute Gasteiger partial charge is 0.229 e. The second-order valence-electron chi connectivity index (χ2n) is 7.20. The highest BCUT2D eigenvalue weighted by atomic mass is 32.1. The number of methoxy groups -OCH3 is 1. The van der Waals surface area contributed by atoms with Gasteiger partial charge in [-0.05, 0) is 39.9 Å². The number of hydrogen-bond acceptors (Lipinski definition) is 7. The number of benzene rings is 2. The predicted molar refractivity (Wildman–Crippen MR) is 111 cm³/mol. The lowest BCUT2D eigenvalue weighted by molar-refractivity contribution is -0.265. The van der Waals surface area contributed by atoms with Gasteiger partial charge in [-0.1, -0.05) is 24.3 Å². The molecule has 8 heteroatoms. The first-order valence-electron chi connectivity index (χ1n) is 9.56. The molecule has 4 rings (SSSR count). The van der Waals surface area contributed by atoms with Crippen LogP contribution in [0.3, 0.4) is 0 Å². The minimum atomic E-state index is -1.89. The summed E-state index contributed by atoms with van der Waals surface area (Å²) in [6.07, 6.45) is -7.08. The van der Waals surface area contributed by atoms with Crippen LogP contribution in [0.4, 0.5) is 4.39 Å². The largest absolute Gasteiger partial charge is 0.497 e. The monoisotopic (exact) mass is 434 g/mol. The van der Waals surface area contributed by atoms with Crippen LogP contribution in [0.5, 0.6) is 11.5 Å². The molecule has 0 amide bonds. The molecule has 2 aromatic carbocycles. The van der Waals surface area contributed by atoms with Crippen LogP contribution in [0.25, 0.3) is 10.8 Å². The molecule has 3 N–H and O–H groups in total. The second kappa shape index (κ2) is 8.87. The summed E-state index contributed by atoms with van der Waals surface area (Å²) < 4.78 is 30.3. The fourth-order valence-corrected chi connectivity index (χ4v) is 4.36. The van der Waals surface area contributed by atoms with Crippen molar-refractivity contribution in [1.82, 2.24) is 0 Å². The van der Waals surface area contributed by atoms with Gasteiger partial charge in [0.1, 0.15) is 29.8 Å². The van der Waals surface area contributed by atoms with E-state index in [1.165, 1.54) is 11.3 Å². The Kier molecular flexibility index (Phi) is 6.21. The minimum absolute atomic E-state index is 0.486. The molecule has 30 heavy (non-hydrogen) atoms. The maximum atomic E-state index is 13.9. The average molecular weight is 434 g/mol. The van der Waals surface area contributed by atoms with Crippen molar-refractivity contribution in [2.75, 3.05) is 13.7 Å². The Morgan fingerprint density at radius 2 is 1.83 bits per heavy atom. The third kappa shape index (κ3) is 4.14. The van der Waals surface area contributed by atoms with Gasteiger partial charge in [0.2, 0.25) is 6.29 Å². The van der Waals surface area contributed by atoms with Gasteiger partial charge in [0, 0.05) is 6.42 Å². The van der Waals surface area contributed by atoms with Gasteiger partial charge in [-0.25, -0.2) is 4.39 Å². The van der Waals surface area contributed by atoms with Crippen molar-refractivity contribution in [2.24, 2.45) is 0 Å². The first-order chi connectivity index (χ1) is 14.5. The van der Waals surface area contributed by atoms with E-state index >= 15 is 0 Å². The van der Waals surface area contributed by atoms with Crippen LogP contribution in [-0.4, -0.2) is 59.8 Å². The quantitative estimate of drug-likeness (QED) is 0.553. The molecule has 1 aliphatic heterocycles. The number of rotatable bonds is 6. The average Bonchev–Trinajstić information content (AvgIpc) is 3.20. The summed E-state index contributed by atoms with van der Waals surface area (Å²) in [7, 11) is 1.64. The second-order valence-corrected chi connectivity index (χ2v) is 8.20. The van der Waals surface area contributed by atoms with Crippen molar-refractivity contribution in [1.29, 1.82) is 0 Å². The van der Waals surface area contributed by atoms with Gasteiger partial charge in [0.25, 0.3) is 0 Å². The summed E-state index contributed by atoms with van der Waals surface area (Å²) in [4.78, 5) is 0.899. The number of fused-ring (bicyclic) bond motifs is 1. The third-order valence-electron chi connectivity index (χ3n) is 5.22. The highest BCUT2D eigenvalue weighted by molar-refractivity contribution is 7.10. The summed E-state index contributed by atoms with van der Waals surface area (Å²) in [6, 6.07) is 13.8. The number of alkyl halides is 1. The summed E-state index contributed by atoms with van der Waals surface area (Å²) in [5, 5.41) is 33.3. The van der Waals surface area contributed by atoms with Crippen molar-refractivity contribution in [3.05, 3.63) is 58.3 Å². The Morgan fingerprint density at radius 1 is 1.07 bits per heavy atom. The molecular weight excluding hydrogens is 411 g/mol. The van der Waals surface area contributed by atoms with Gasteiger partial charge in [-0.3, -0.25) is 0 Å². The zero-order valence-corrected chi connectivity index (χ0v) is 17.1. The van der Waals surface area contributed by atoms with Crippen molar-refractivity contribution in [3.8, 4) is 11.5 Å². The molecule has 0 saturated carbocycles. The molecule has 0 spiro atoms. The fraction of sp³-hybridized carbons (Fsp3) is 0.364. The Balaban J connectivity index is 1.51. The molecule has 1 saturated heterocycles. The van der Waals surface area contributed by atoms with E-state index in [-0.39, 0.29) is 0 Å². The van der Waals surface area contributed by atoms with Crippen molar-refractivity contribution >= 4 is 22.1 Å². The number of thiophene rings is 1. The Labute approximate surface area is 177 Å². The summed E-state index contributed by atoms with van der Waals surface area (Å²) in [5.41, 5.74) is 1.07. The van der Waals surface area contributed by atoms with Gasteiger partial charge in [-0.15, -0.1) is 11.3 Å². The Morgan fingerprint density at radius 3 is 2.60 bits per heavy atom. The summed E-state index contributed by atoms with van der Waals surface area (Å²) >= 11 is 1.49. The van der Waals surface area contributed by atoms with Gasteiger partial charge in [0.15, 0.2) is 6.17 Å². The topological polar surface area (TPSA) is 88.4 Å². The molecule has 3 aromatic rings. The molecular formula is C22H23FO6S. The zero-order chi connectivity index (χ0) is 21.3. The lowest BCUT2D eigenvalue weighted by Crippen LogP contribution is -2.58. The van der Waals surface area contributed by atoms with E-state index in [1.807, 2.05) is 35.7 Å². The highest BCUT2D eigenvalue weighted by Gasteiger charge is 2.46. The fourth-order valence-electron chi connectivity index (χ4n) is 3.52. The van der Waals surface area contributed by atoms with Crippen LogP contribution in [0.2, 0.25) is 0 Å². The van der Waals surface area contributed by atoms with E-state index in [1.54, 1.807) is 13.2 Å². The summed E-state index contributed by atoms with van der Waals surface area (Å²) in [6.45, 7) is -0.622. The van der Waals surface area contributed by atoms with E-state index in [4.69, 9.17) is 14.2 Å². The first kappa shape index (κ1) is 21.0. The number of hydrogen-bond donors (Lipinski definition) is 3. The number of aliphatic hydroxyl groups is 3. The zero-order valence-electron chi connectivity index (χ0n) is 16.3. The van der Waals surface area contributed by atoms with Crippen molar-refractivity contribution in [3.63, 3.8) is 0 Å². The number of halogens is 1. The molecule has 1 fully saturated rings. The molecule has 6 nitrogen and oxygen atoms in total. The van der Waals surface area contributed by atoms with E-state index in [0.717, 1.165) is 27.0 Å². The molecule has 0 bridgehead atoms. The van der Waals surface area contributed by atoms with Crippen LogP contribution in [0, 0.1) is 0 Å². The van der Waals surface area contributed by atoms with E-state index in [9.17, 15) is 19.7 Å². The normalized spacial score (nSPS) is 26.6. The van der Waals surface area contributed by atoms with Gasteiger partial charge in [-0.2, -0.15) is 0 Å². The number of ether oxygens (including phenoxy) is 3. The van der Waals surface area contributed by atoms with Crippen molar-refractivity contribution < 1.29 is 33.9 Å². The van der Waals surface area contributed by atoms with Gasteiger partial charge < -0.3 is 29.5 Å². The molecule has 2 heterocycles. The lowest BCUT2D eigenvalue weighted by Gasteiger charge is -2.38. The molecule has 5 unspecified atom stereocenters. The molecule has 0 radical (unpaired) electrons. The van der Waals surface area contributed by atoms with Gasteiger partial charge >= 0.3 is 0 Å². The molecule has 1 aliphatic rings. The van der Waals surface area contributed by atoms with Gasteiger partial charge in [0.05, 0.1) is 18.6 Å². The van der Waals surface area contributed by atoms with E-state index in [0.29, 0.717) is 12.2 Å². The van der Waals surface area contributed by atoms with Crippen molar-refractivity contribution in [2.45, 2.75) is 37.2 Å². The SMILES string of the molecule is COc1ccc2cc(Cc3sccc3OC3OC(CO)C(F)C(O)C3O)ccc2c1. The van der Waals surface area contributed by atoms with Crippen LogP contribution in [0.15, 0.2) is 47.8 Å². The third-order valence-corrected chi connectivity index (χ3v) is 6.13. The highest BCUT2D eigenvalue weighted by Crippen LogP contribution is 2.32. The first-order valence-corrected chi connectivity index (χ1v) is 10.4. The Hall–Kier alpha value is -2.23. The Bertz CT molecular complexity index is 1010. The van der Waals surface area contributed by atoms with Crippen LogP contribution >= 0.6 is 11.3 Å². The van der Waals surface area contributed by atoms with Crippen LogP contribution in [-0.2, 0) is 11.2 Å². The molecule has 5 atom stereocenters. The summed E-state index contributed by atoms with van der Waals surface area (Å²) in [5.74, 6) is 1.29. The maximum absolute atomic E-state index is 13.9. The predicted octanol–water partition coefficient (Wildman–Crippen LogP) is 2.66. The molecule has 1 aromatic heterocycles. The maximum Gasteiger partial charge on any atom is 0.229 e. The van der Waals surface area contributed by atoms with E-state index in [2.05, 4.69) is 6.07 Å². The lowest BCUT2D eigenvalue weighted by atomic mass is 10.0. The van der Waals surface area contributed by atoms with E-state index < -0.39 is 37.4 Å². The van der Waals surface area contributed by atoms with Crippen LogP contribution in [0.1, 0.15) is 10.4 Å².